The number of nitrogens with zero attached hydrogens (tertiary/aromatic N) is 1. The first kappa shape index (κ1) is 22.1. The second kappa shape index (κ2) is 10.4. The number of methoxy groups -OCH3 is 3. The van der Waals surface area contributed by atoms with Crippen molar-refractivity contribution in [2.24, 2.45) is 5.92 Å². The Morgan fingerprint density at radius 1 is 1.17 bits per heavy atom. The summed E-state index contributed by atoms with van der Waals surface area (Å²) in [6.07, 6.45) is 0.739. The lowest BCUT2D eigenvalue weighted by Gasteiger charge is -2.21. The topological polar surface area (TPSA) is 77.1 Å². The fourth-order valence-electron chi connectivity index (χ4n) is 3.79. The minimum absolute atomic E-state index is 0.0443. The molecule has 2 amide bonds. The third-order valence-corrected chi connectivity index (χ3v) is 6.20. The predicted molar refractivity (Wildman–Crippen MR) is 116 cm³/mol. The average Bonchev–Trinajstić information content (AvgIpc) is 3.46. The van der Waals surface area contributed by atoms with Crippen molar-refractivity contribution in [1.29, 1.82) is 0 Å². The van der Waals surface area contributed by atoms with Crippen molar-refractivity contribution < 1.29 is 23.8 Å². The summed E-state index contributed by atoms with van der Waals surface area (Å²) in [7, 11) is 4.84. The molecule has 1 saturated heterocycles. The third kappa shape index (κ3) is 4.94. The van der Waals surface area contributed by atoms with Crippen LogP contribution < -0.4 is 14.8 Å². The first-order valence-electron chi connectivity index (χ1n) is 9.90. The molecule has 162 valence electrons. The monoisotopic (exact) mass is 432 g/mol. The molecule has 1 aromatic carbocycles. The maximum absolute atomic E-state index is 13.0. The molecule has 1 aromatic heterocycles. The lowest BCUT2D eigenvalue weighted by molar-refractivity contribution is -0.124. The number of hydrogen-bond acceptors (Lipinski definition) is 6. The first-order chi connectivity index (χ1) is 14.6. The van der Waals surface area contributed by atoms with Gasteiger partial charge >= 0.3 is 0 Å². The quantitative estimate of drug-likeness (QED) is 0.617. The molecule has 1 aliphatic heterocycles. The van der Waals surface area contributed by atoms with Crippen LogP contribution in [0.3, 0.4) is 0 Å². The minimum Gasteiger partial charge on any atom is -0.497 e. The number of thiophene rings is 1. The number of hydrogen-bond donors (Lipinski definition) is 1. The van der Waals surface area contributed by atoms with Gasteiger partial charge in [-0.05, 0) is 23.9 Å². The van der Waals surface area contributed by atoms with Gasteiger partial charge in [-0.1, -0.05) is 12.1 Å². The largest absolute Gasteiger partial charge is 0.497 e. The molecule has 2 heterocycles. The number of likely N-dealkylation sites (tertiary alicyclic amines) is 1. The standard InChI is InChI=1S/C22H28N2O5S/c1-27-10-5-9-23-21(25)18-14-24(22(26)20-6-4-11-30-20)13-17(18)16-8-7-15(28-2)12-19(16)29-3/h4,6-8,11-12,17-18H,5,9-10,13-14H2,1-3H3,(H,23,25)/t17-,18+/m1/s1. The van der Waals surface area contributed by atoms with Crippen LogP contribution >= 0.6 is 11.3 Å². The van der Waals surface area contributed by atoms with Crippen molar-refractivity contribution in [3.05, 3.63) is 46.2 Å². The zero-order valence-electron chi connectivity index (χ0n) is 17.6. The number of benzene rings is 1. The molecular formula is C22H28N2O5S. The molecule has 3 rings (SSSR count). The number of carbonyl (C=O) groups is 2. The SMILES string of the molecule is COCCCNC(=O)[C@H]1CN(C(=O)c2cccs2)C[C@@H]1c1ccc(OC)cc1OC. The Hall–Kier alpha value is -2.58. The highest BCUT2D eigenvalue weighted by Crippen LogP contribution is 2.40. The molecule has 8 heteroatoms. The first-order valence-corrected chi connectivity index (χ1v) is 10.8. The number of ether oxygens (including phenoxy) is 3. The van der Waals surface area contributed by atoms with E-state index in [9.17, 15) is 9.59 Å². The molecule has 0 unspecified atom stereocenters. The second-order valence-corrected chi connectivity index (χ2v) is 8.09. The summed E-state index contributed by atoms with van der Waals surface area (Å²) in [5, 5.41) is 4.88. The van der Waals surface area contributed by atoms with Gasteiger partial charge in [-0.3, -0.25) is 9.59 Å². The van der Waals surface area contributed by atoms with Gasteiger partial charge in [0.2, 0.25) is 5.91 Å². The maximum atomic E-state index is 13.0. The molecule has 7 nitrogen and oxygen atoms in total. The van der Waals surface area contributed by atoms with Crippen molar-refractivity contribution in [3.8, 4) is 11.5 Å². The Bertz CT molecular complexity index is 855. The van der Waals surface area contributed by atoms with Crippen LogP contribution in [0, 0.1) is 5.92 Å². The fraction of sp³-hybridized carbons (Fsp3) is 0.455. The highest BCUT2D eigenvalue weighted by molar-refractivity contribution is 7.12. The third-order valence-electron chi connectivity index (χ3n) is 5.34. The lowest BCUT2D eigenvalue weighted by atomic mass is 9.87. The van der Waals surface area contributed by atoms with Crippen LogP contribution in [0.15, 0.2) is 35.7 Å². The van der Waals surface area contributed by atoms with E-state index in [1.165, 1.54) is 11.3 Å². The molecule has 0 saturated carbocycles. The molecule has 0 radical (unpaired) electrons. The Labute approximate surface area is 180 Å². The summed E-state index contributed by atoms with van der Waals surface area (Å²) in [5.74, 6) is 0.700. The van der Waals surface area contributed by atoms with Gasteiger partial charge in [-0.2, -0.15) is 0 Å². The van der Waals surface area contributed by atoms with E-state index < -0.39 is 0 Å². The molecule has 0 bridgehead atoms. The van der Waals surface area contributed by atoms with E-state index in [1.54, 1.807) is 26.2 Å². The normalized spacial score (nSPS) is 18.3. The van der Waals surface area contributed by atoms with E-state index >= 15 is 0 Å². The van der Waals surface area contributed by atoms with Gasteiger partial charge in [-0.25, -0.2) is 0 Å². The zero-order chi connectivity index (χ0) is 21.5. The summed E-state index contributed by atoms with van der Waals surface area (Å²) in [4.78, 5) is 28.4. The van der Waals surface area contributed by atoms with E-state index in [0.29, 0.717) is 42.6 Å². The maximum Gasteiger partial charge on any atom is 0.263 e. The summed E-state index contributed by atoms with van der Waals surface area (Å²) in [6.45, 7) is 1.94. The van der Waals surface area contributed by atoms with E-state index in [1.807, 2.05) is 35.7 Å². The summed E-state index contributed by atoms with van der Waals surface area (Å²) in [6, 6.07) is 9.26. The van der Waals surface area contributed by atoms with Crippen LogP contribution in [-0.2, 0) is 9.53 Å². The summed E-state index contributed by atoms with van der Waals surface area (Å²) < 4.78 is 15.9. The van der Waals surface area contributed by atoms with Crippen molar-refractivity contribution in [2.75, 3.05) is 47.6 Å². The molecule has 1 N–H and O–H groups in total. The lowest BCUT2D eigenvalue weighted by Crippen LogP contribution is -2.36. The van der Waals surface area contributed by atoms with Crippen LogP contribution in [0.2, 0.25) is 0 Å². The minimum atomic E-state index is -0.362. The smallest absolute Gasteiger partial charge is 0.263 e. The van der Waals surface area contributed by atoms with Gasteiger partial charge in [0.1, 0.15) is 11.5 Å². The van der Waals surface area contributed by atoms with Gasteiger partial charge in [0.25, 0.3) is 5.91 Å². The second-order valence-electron chi connectivity index (χ2n) is 7.15. The fourth-order valence-corrected chi connectivity index (χ4v) is 4.48. The molecule has 0 spiro atoms. The van der Waals surface area contributed by atoms with Crippen molar-refractivity contribution in [1.82, 2.24) is 10.2 Å². The van der Waals surface area contributed by atoms with Gasteiger partial charge in [0, 0.05) is 50.9 Å². The Kier molecular flexibility index (Phi) is 7.70. The molecular weight excluding hydrogens is 404 g/mol. The van der Waals surface area contributed by atoms with Gasteiger partial charge in [0.15, 0.2) is 0 Å². The Balaban J connectivity index is 1.85. The van der Waals surface area contributed by atoms with Gasteiger partial charge in [-0.15, -0.1) is 11.3 Å². The van der Waals surface area contributed by atoms with Crippen LogP contribution in [0.25, 0.3) is 0 Å². The van der Waals surface area contributed by atoms with Crippen LogP contribution in [0.4, 0.5) is 0 Å². The highest BCUT2D eigenvalue weighted by Gasteiger charge is 2.41. The van der Waals surface area contributed by atoms with Gasteiger partial charge in [0.05, 0.1) is 25.0 Å². The van der Waals surface area contributed by atoms with E-state index in [4.69, 9.17) is 14.2 Å². The van der Waals surface area contributed by atoms with Crippen molar-refractivity contribution >= 4 is 23.2 Å². The zero-order valence-corrected chi connectivity index (χ0v) is 18.4. The van der Waals surface area contributed by atoms with Crippen LogP contribution in [0.1, 0.15) is 27.6 Å². The average molecular weight is 433 g/mol. The van der Waals surface area contributed by atoms with Crippen molar-refractivity contribution in [2.45, 2.75) is 12.3 Å². The highest BCUT2D eigenvalue weighted by atomic mass is 32.1. The van der Waals surface area contributed by atoms with Gasteiger partial charge < -0.3 is 24.4 Å². The molecule has 2 aromatic rings. The van der Waals surface area contributed by atoms with Crippen LogP contribution in [-0.4, -0.2) is 64.3 Å². The van der Waals surface area contributed by atoms with Crippen molar-refractivity contribution in [3.63, 3.8) is 0 Å². The molecule has 1 aliphatic rings. The molecule has 30 heavy (non-hydrogen) atoms. The van der Waals surface area contributed by atoms with E-state index in [0.717, 1.165) is 12.0 Å². The number of rotatable bonds is 9. The summed E-state index contributed by atoms with van der Waals surface area (Å²) >= 11 is 1.41. The Morgan fingerprint density at radius 3 is 2.67 bits per heavy atom. The number of amides is 2. The molecule has 0 aliphatic carbocycles. The predicted octanol–water partition coefficient (Wildman–Crippen LogP) is 2.77. The number of carbonyl (C=O) groups excluding carboxylic acids is 2. The van der Waals surface area contributed by atoms with Crippen LogP contribution in [0.5, 0.6) is 11.5 Å². The number of nitrogens with one attached hydrogen (secondary N) is 1. The summed E-state index contributed by atoms with van der Waals surface area (Å²) in [5.41, 5.74) is 0.900. The Morgan fingerprint density at radius 2 is 2.00 bits per heavy atom. The van der Waals surface area contributed by atoms with E-state index in [-0.39, 0.29) is 23.7 Å². The molecule has 2 atom stereocenters. The van der Waals surface area contributed by atoms with E-state index in [2.05, 4.69) is 5.32 Å². The molecule has 1 fully saturated rings.